The number of hydrogen-bond donors (Lipinski definition) is 1. The molecule has 146 valence electrons. The van der Waals surface area contributed by atoms with E-state index in [0.717, 1.165) is 50.2 Å². The van der Waals surface area contributed by atoms with E-state index in [4.69, 9.17) is 4.74 Å². The fraction of sp³-hybridized carbons (Fsp3) is 0.435. The average molecular weight is 369 g/mol. The Balaban J connectivity index is 1.71. The van der Waals surface area contributed by atoms with E-state index in [0.29, 0.717) is 13.2 Å². The third-order valence-electron chi connectivity index (χ3n) is 4.31. The van der Waals surface area contributed by atoms with Gasteiger partial charge in [0.05, 0.1) is 13.2 Å². The molecule has 0 fully saturated rings. The summed E-state index contributed by atoms with van der Waals surface area (Å²) < 4.78 is 5.80. The second-order valence-corrected chi connectivity index (χ2v) is 6.79. The summed E-state index contributed by atoms with van der Waals surface area (Å²) in [7, 11) is 0. The number of ether oxygens (including phenoxy) is 1. The van der Waals surface area contributed by atoms with Gasteiger partial charge in [0.1, 0.15) is 5.75 Å². The molecule has 0 radical (unpaired) electrons. The lowest BCUT2D eigenvalue weighted by atomic mass is 10.1. The van der Waals surface area contributed by atoms with E-state index >= 15 is 0 Å². The maximum absolute atomic E-state index is 12.2. The van der Waals surface area contributed by atoms with Crippen molar-refractivity contribution in [2.24, 2.45) is 0 Å². The van der Waals surface area contributed by atoms with Crippen molar-refractivity contribution in [3.63, 3.8) is 0 Å². The van der Waals surface area contributed by atoms with Crippen LogP contribution in [0.4, 0.5) is 5.69 Å². The lowest BCUT2D eigenvalue weighted by Gasteiger charge is -2.20. The van der Waals surface area contributed by atoms with Gasteiger partial charge in [-0.1, -0.05) is 44.2 Å². The number of rotatable bonds is 12. The Morgan fingerprint density at radius 2 is 1.63 bits per heavy atom. The van der Waals surface area contributed by atoms with Gasteiger partial charge in [0.15, 0.2) is 0 Å². The molecule has 2 aromatic rings. The highest BCUT2D eigenvalue weighted by atomic mass is 16.5. The summed E-state index contributed by atoms with van der Waals surface area (Å²) in [6, 6.07) is 18.1. The van der Waals surface area contributed by atoms with Crippen molar-refractivity contribution in [3.8, 4) is 5.75 Å². The second kappa shape index (κ2) is 12.1. The van der Waals surface area contributed by atoms with Crippen molar-refractivity contribution < 1.29 is 9.53 Å². The minimum atomic E-state index is 0.0356. The Labute approximate surface area is 163 Å². The van der Waals surface area contributed by atoms with Crippen LogP contribution in [0, 0.1) is 0 Å². The van der Waals surface area contributed by atoms with Crippen LogP contribution < -0.4 is 10.1 Å². The summed E-state index contributed by atoms with van der Waals surface area (Å²) in [5.74, 6) is 0.869. The van der Waals surface area contributed by atoms with E-state index in [2.05, 4.69) is 48.3 Å². The number of benzene rings is 2. The van der Waals surface area contributed by atoms with E-state index in [9.17, 15) is 4.79 Å². The summed E-state index contributed by atoms with van der Waals surface area (Å²) >= 11 is 0. The number of carbonyl (C=O) groups is 1. The first-order valence-electron chi connectivity index (χ1n) is 10.00. The summed E-state index contributed by atoms with van der Waals surface area (Å²) in [5.41, 5.74) is 2.14. The van der Waals surface area contributed by atoms with Gasteiger partial charge < -0.3 is 10.1 Å². The number of anilines is 1. The number of aryl methyl sites for hydroxylation is 1. The van der Waals surface area contributed by atoms with Crippen LogP contribution in [0.15, 0.2) is 54.6 Å². The van der Waals surface area contributed by atoms with Crippen LogP contribution in [0.1, 0.15) is 38.7 Å². The number of amides is 1. The predicted molar refractivity (Wildman–Crippen MR) is 112 cm³/mol. The smallest absolute Gasteiger partial charge is 0.238 e. The van der Waals surface area contributed by atoms with Crippen molar-refractivity contribution in [2.45, 2.75) is 39.5 Å². The Morgan fingerprint density at radius 1 is 0.963 bits per heavy atom. The fourth-order valence-electron chi connectivity index (χ4n) is 3.05. The summed E-state index contributed by atoms with van der Waals surface area (Å²) in [6.07, 6.45) is 4.11. The number of nitrogens with one attached hydrogen (secondary N) is 1. The first-order valence-corrected chi connectivity index (χ1v) is 10.00. The molecule has 0 bridgehead atoms. The van der Waals surface area contributed by atoms with Crippen molar-refractivity contribution in [1.82, 2.24) is 4.90 Å². The molecule has 0 atom stereocenters. The van der Waals surface area contributed by atoms with Crippen LogP contribution in [-0.4, -0.2) is 37.0 Å². The SMILES string of the molecule is CCCN(CCC)CC(=O)Nc1ccc(OCCCc2ccccc2)cc1. The Hall–Kier alpha value is -2.33. The first-order chi connectivity index (χ1) is 13.2. The van der Waals surface area contributed by atoms with Crippen LogP contribution in [0.3, 0.4) is 0 Å². The van der Waals surface area contributed by atoms with E-state index in [1.807, 2.05) is 30.3 Å². The zero-order chi connectivity index (χ0) is 19.3. The number of hydrogen-bond acceptors (Lipinski definition) is 3. The molecule has 2 rings (SSSR count). The van der Waals surface area contributed by atoms with Crippen LogP contribution in [0.2, 0.25) is 0 Å². The fourth-order valence-corrected chi connectivity index (χ4v) is 3.05. The summed E-state index contributed by atoms with van der Waals surface area (Å²) in [5, 5.41) is 2.97. The molecule has 0 heterocycles. The lowest BCUT2D eigenvalue weighted by molar-refractivity contribution is -0.117. The van der Waals surface area contributed by atoms with E-state index in [1.54, 1.807) is 0 Å². The molecular weight excluding hydrogens is 336 g/mol. The average Bonchev–Trinajstić information content (AvgIpc) is 2.68. The van der Waals surface area contributed by atoms with Gasteiger partial charge in [-0.15, -0.1) is 0 Å². The van der Waals surface area contributed by atoms with Gasteiger partial charge in [-0.3, -0.25) is 9.69 Å². The molecule has 4 heteroatoms. The second-order valence-electron chi connectivity index (χ2n) is 6.79. The van der Waals surface area contributed by atoms with Crippen LogP contribution in [0.5, 0.6) is 5.75 Å². The Bertz CT molecular complexity index is 650. The monoisotopic (exact) mass is 368 g/mol. The molecule has 0 unspecified atom stereocenters. The van der Waals surface area contributed by atoms with Crippen LogP contribution in [-0.2, 0) is 11.2 Å². The third-order valence-corrected chi connectivity index (χ3v) is 4.31. The summed E-state index contributed by atoms with van der Waals surface area (Å²) in [4.78, 5) is 14.4. The molecule has 4 nitrogen and oxygen atoms in total. The first kappa shape index (κ1) is 21.0. The minimum absolute atomic E-state index is 0.0356. The number of nitrogens with zero attached hydrogens (tertiary/aromatic N) is 1. The van der Waals surface area contributed by atoms with Gasteiger partial charge in [-0.25, -0.2) is 0 Å². The van der Waals surface area contributed by atoms with Crippen molar-refractivity contribution in [3.05, 3.63) is 60.2 Å². The van der Waals surface area contributed by atoms with Gasteiger partial charge in [-0.05, 0) is 68.6 Å². The van der Waals surface area contributed by atoms with E-state index < -0.39 is 0 Å². The molecule has 0 aromatic heterocycles. The van der Waals surface area contributed by atoms with Gasteiger partial charge in [0.2, 0.25) is 5.91 Å². The molecule has 1 N–H and O–H groups in total. The largest absolute Gasteiger partial charge is 0.494 e. The minimum Gasteiger partial charge on any atom is -0.494 e. The molecular formula is C23H32N2O2. The third kappa shape index (κ3) is 8.27. The molecule has 0 spiro atoms. The highest BCUT2D eigenvalue weighted by Gasteiger charge is 2.09. The Kier molecular flexibility index (Phi) is 9.42. The maximum atomic E-state index is 12.2. The Morgan fingerprint density at radius 3 is 2.26 bits per heavy atom. The summed E-state index contributed by atoms with van der Waals surface area (Å²) in [6.45, 7) is 7.31. The molecule has 0 aliphatic rings. The standard InChI is InChI=1S/C23H32N2O2/c1-3-16-25(17-4-2)19-23(26)24-21-12-14-22(15-13-21)27-18-8-11-20-9-6-5-7-10-20/h5-7,9-10,12-15H,3-4,8,11,16-19H2,1-2H3,(H,24,26). The maximum Gasteiger partial charge on any atom is 0.238 e. The normalized spacial score (nSPS) is 10.8. The topological polar surface area (TPSA) is 41.6 Å². The molecule has 27 heavy (non-hydrogen) atoms. The van der Waals surface area contributed by atoms with Crippen molar-refractivity contribution in [2.75, 3.05) is 31.6 Å². The quantitative estimate of drug-likeness (QED) is 0.549. The van der Waals surface area contributed by atoms with Crippen LogP contribution in [0.25, 0.3) is 0 Å². The highest BCUT2D eigenvalue weighted by molar-refractivity contribution is 5.92. The molecule has 0 aliphatic carbocycles. The highest BCUT2D eigenvalue weighted by Crippen LogP contribution is 2.16. The van der Waals surface area contributed by atoms with Gasteiger partial charge in [-0.2, -0.15) is 0 Å². The van der Waals surface area contributed by atoms with Gasteiger partial charge in [0, 0.05) is 5.69 Å². The lowest BCUT2D eigenvalue weighted by Crippen LogP contribution is -2.34. The molecule has 0 saturated carbocycles. The van der Waals surface area contributed by atoms with Gasteiger partial charge >= 0.3 is 0 Å². The van der Waals surface area contributed by atoms with E-state index in [1.165, 1.54) is 5.56 Å². The van der Waals surface area contributed by atoms with Gasteiger partial charge in [0.25, 0.3) is 0 Å². The molecule has 0 aliphatic heterocycles. The van der Waals surface area contributed by atoms with E-state index in [-0.39, 0.29) is 5.91 Å². The molecule has 2 aromatic carbocycles. The predicted octanol–water partition coefficient (Wildman–Crippen LogP) is 4.76. The van der Waals surface area contributed by atoms with Crippen LogP contribution >= 0.6 is 0 Å². The zero-order valence-electron chi connectivity index (χ0n) is 16.6. The zero-order valence-corrected chi connectivity index (χ0v) is 16.6. The van der Waals surface area contributed by atoms with Crippen molar-refractivity contribution >= 4 is 11.6 Å². The molecule has 1 amide bonds. The number of carbonyl (C=O) groups excluding carboxylic acids is 1. The molecule has 0 saturated heterocycles. The van der Waals surface area contributed by atoms with Crippen molar-refractivity contribution in [1.29, 1.82) is 0 Å².